The number of methoxy groups -OCH3 is 3. The molecule has 1 aromatic rings. The van der Waals surface area contributed by atoms with Crippen LogP contribution in [0.25, 0.3) is 0 Å². The highest BCUT2D eigenvalue weighted by molar-refractivity contribution is 7.80. The SMILES string of the molecule is COCCC1(NC(=S)Nc2ccc(OC)c(OC)c2)CCCC1. The minimum atomic E-state index is 0.0522. The number of ether oxygens (including phenoxy) is 3. The maximum Gasteiger partial charge on any atom is 0.171 e. The molecule has 2 N–H and O–H groups in total. The van der Waals surface area contributed by atoms with Crippen LogP contribution in [0.2, 0.25) is 0 Å². The van der Waals surface area contributed by atoms with E-state index in [9.17, 15) is 0 Å². The molecule has 128 valence electrons. The Morgan fingerprint density at radius 1 is 1.13 bits per heavy atom. The normalized spacial score (nSPS) is 16.0. The number of rotatable bonds is 7. The third-order valence-corrected chi connectivity index (χ3v) is 4.57. The molecule has 0 heterocycles. The summed E-state index contributed by atoms with van der Waals surface area (Å²) in [4.78, 5) is 0. The third kappa shape index (κ3) is 4.72. The largest absolute Gasteiger partial charge is 0.493 e. The van der Waals surface area contributed by atoms with E-state index < -0.39 is 0 Å². The summed E-state index contributed by atoms with van der Waals surface area (Å²) in [7, 11) is 4.98. The molecule has 0 saturated heterocycles. The van der Waals surface area contributed by atoms with Crippen LogP contribution in [0.1, 0.15) is 32.1 Å². The van der Waals surface area contributed by atoms with Crippen molar-refractivity contribution in [1.29, 1.82) is 0 Å². The first kappa shape index (κ1) is 17.8. The first-order valence-electron chi connectivity index (χ1n) is 7.92. The molecule has 0 aliphatic heterocycles. The van der Waals surface area contributed by atoms with Crippen LogP contribution in [-0.4, -0.2) is 38.6 Å². The summed E-state index contributed by atoms with van der Waals surface area (Å²) in [6, 6.07) is 5.66. The minimum Gasteiger partial charge on any atom is -0.493 e. The maximum absolute atomic E-state index is 5.50. The molecule has 0 bridgehead atoms. The van der Waals surface area contributed by atoms with E-state index in [4.69, 9.17) is 26.4 Å². The summed E-state index contributed by atoms with van der Waals surface area (Å²) in [5.74, 6) is 1.37. The van der Waals surface area contributed by atoms with Crippen LogP contribution in [0.3, 0.4) is 0 Å². The number of anilines is 1. The predicted octanol–water partition coefficient (Wildman–Crippen LogP) is 3.34. The molecule has 2 rings (SSSR count). The molecule has 1 aliphatic rings. The fourth-order valence-electron chi connectivity index (χ4n) is 3.10. The quantitative estimate of drug-likeness (QED) is 0.744. The van der Waals surface area contributed by atoms with Crippen LogP contribution in [0.15, 0.2) is 18.2 Å². The molecule has 0 amide bonds. The van der Waals surface area contributed by atoms with Crippen molar-refractivity contribution in [3.05, 3.63) is 18.2 Å². The monoisotopic (exact) mass is 338 g/mol. The van der Waals surface area contributed by atoms with E-state index in [2.05, 4.69) is 10.6 Å². The Morgan fingerprint density at radius 2 is 1.83 bits per heavy atom. The van der Waals surface area contributed by atoms with Crippen LogP contribution in [0.5, 0.6) is 11.5 Å². The standard InChI is InChI=1S/C17H26N2O3S/c1-20-11-10-17(8-4-5-9-17)19-16(23)18-13-6-7-14(21-2)15(12-13)22-3/h6-7,12H,4-5,8-11H2,1-3H3,(H2,18,19,23). The lowest BCUT2D eigenvalue weighted by Crippen LogP contribution is -2.48. The Hall–Kier alpha value is -1.53. The topological polar surface area (TPSA) is 51.8 Å². The van der Waals surface area contributed by atoms with Crippen molar-refractivity contribution < 1.29 is 14.2 Å². The Bertz CT molecular complexity index is 531. The van der Waals surface area contributed by atoms with E-state index in [0.29, 0.717) is 16.6 Å². The van der Waals surface area contributed by atoms with E-state index >= 15 is 0 Å². The van der Waals surface area contributed by atoms with Crippen molar-refractivity contribution in [3.63, 3.8) is 0 Å². The van der Waals surface area contributed by atoms with Gasteiger partial charge in [-0.3, -0.25) is 0 Å². The van der Waals surface area contributed by atoms with E-state index in [1.807, 2.05) is 18.2 Å². The summed E-state index contributed by atoms with van der Waals surface area (Å²) < 4.78 is 15.8. The third-order valence-electron chi connectivity index (χ3n) is 4.37. The van der Waals surface area contributed by atoms with Crippen molar-refractivity contribution in [2.45, 2.75) is 37.6 Å². The van der Waals surface area contributed by atoms with Crippen LogP contribution in [-0.2, 0) is 4.74 Å². The lowest BCUT2D eigenvalue weighted by atomic mass is 9.94. The summed E-state index contributed by atoms with van der Waals surface area (Å²) in [5, 5.41) is 7.38. The van der Waals surface area contributed by atoms with Gasteiger partial charge in [-0.2, -0.15) is 0 Å². The molecule has 0 spiro atoms. The second kappa shape index (κ2) is 8.36. The van der Waals surface area contributed by atoms with E-state index in [-0.39, 0.29) is 5.54 Å². The van der Waals surface area contributed by atoms with Crippen LogP contribution >= 0.6 is 12.2 Å². The second-order valence-electron chi connectivity index (χ2n) is 5.88. The molecule has 0 radical (unpaired) electrons. The van der Waals surface area contributed by atoms with E-state index in [1.54, 1.807) is 21.3 Å². The van der Waals surface area contributed by atoms with Gasteiger partial charge in [-0.1, -0.05) is 12.8 Å². The molecule has 23 heavy (non-hydrogen) atoms. The zero-order chi connectivity index (χ0) is 16.7. The lowest BCUT2D eigenvalue weighted by molar-refractivity contribution is 0.163. The average molecular weight is 338 g/mol. The maximum atomic E-state index is 5.50. The van der Waals surface area contributed by atoms with Gasteiger partial charge in [0.25, 0.3) is 0 Å². The Labute approximate surface area is 143 Å². The highest BCUT2D eigenvalue weighted by Crippen LogP contribution is 2.33. The fraction of sp³-hybridized carbons (Fsp3) is 0.588. The Balaban J connectivity index is 2.00. The van der Waals surface area contributed by atoms with Crippen molar-refractivity contribution in [2.75, 3.05) is 33.3 Å². The highest BCUT2D eigenvalue weighted by atomic mass is 32.1. The first-order chi connectivity index (χ1) is 11.1. The molecule has 6 heteroatoms. The number of nitrogens with one attached hydrogen (secondary N) is 2. The molecule has 0 unspecified atom stereocenters. The molecule has 1 aliphatic carbocycles. The number of thiocarbonyl (C=S) groups is 1. The Morgan fingerprint density at radius 3 is 2.43 bits per heavy atom. The summed E-state index contributed by atoms with van der Waals surface area (Å²) in [5.41, 5.74) is 0.927. The average Bonchev–Trinajstić information content (AvgIpc) is 3.01. The van der Waals surface area contributed by atoms with Gasteiger partial charge in [0.15, 0.2) is 16.6 Å². The summed E-state index contributed by atoms with van der Waals surface area (Å²) in [6.07, 6.45) is 5.69. The number of hydrogen-bond acceptors (Lipinski definition) is 4. The van der Waals surface area contributed by atoms with Crippen LogP contribution < -0.4 is 20.1 Å². The van der Waals surface area contributed by atoms with Gasteiger partial charge < -0.3 is 24.8 Å². The fourth-order valence-corrected chi connectivity index (χ4v) is 3.44. The minimum absolute atomic E-state index is 0.0522. The van der Waals surface area contributed by atoms with Crippen molar-refractivity contribution in [3.8, 4) is 11.5 Å². The van der Waals surface area contributed by atoms with Gasteiger partial charge in [-0.05, 0) is 43.6 Å². The molecule has 5 nitrogen and oxygen atoms in total. The van der Waals surface area contributed by atoms with Crippen molar-refractivity contribution >= 4 is 23.0 Å². The smallest absolute Gasteiger partial charge is 0.171 e. The molecular weight excluding hydrogens is 312 g/mol. The van der Waals surface area contributed by atoms with Gasteiger partial charge in [-0.25, -0.2) is 0 Å². The first-order valence-corrected chi connectivity index (χ1v) is 8.33. The summed E-state index contributed by atoms with van der Waals surface area (Å²) >= 11 is 5.50. The van der Waals surface area contributed by atoms with Crippen LogP contribution in [0, 0.1) is 0 Å². The van der Waals surface area contributed by atoms with Crippen molar-refractivity contribution in [1.82, 2.24) is 5.32 Å². The van der Waals surface area contributed by atoms with Gasteiger partial charge in [0.05, 0.1) is 14.2 Å². The molecule has 0 aromatic heterocycles. The zero-order valence-corrected chi connectivity index (χ0v) is 14.9. The predicted molar refractivity (Wildman–Crippen MR) is 96.6 cm³/mol. The second-order valence-corrected chi connectivity index (χ2v) is 6.29. The van der Waals surface area contributed by atoms with Gasteiger partial charge in [0.2, 0.25) is 0 Å². The summed E-state index contributed by atoms with van der Waals surface area (Å²) in [6.45, 7) is 0.742. The van der Waals surface area contributed by atoms with Gasteiger partial charge in [0.1, 0.15) is 0 Å². The van der Waals surface area contributed by atoms with Crippen molar-refractivity contribution in [2.24, 2.45) is 0 Å². The molecular formula is C17H26N2O3S. The number of hydrogen-bond donors (Lipinski definition) is 2. The van der Waals surface area contributed by atoms with E-state index in [0.717, 1.165) is 31.6 Å². The lowest BCUT2D eigenvalue weighted by Gasteiger charge is -2.31. The molecule has 1 aromatic carbocycles. The van der Waals surface area contributed by atoms with Gasteiger partial charge in [-0.15, -0.1) is 0 Å². The zero-order valence-electron chi connectivity index (χ0n) is 14.1. The molecule has 1 saturated carbocycles. The van der Waals surface area contributed by atoms with Crippen LogP contribution in [0.4, 0.5) is 5.69 Å². The highest BCUT2D eigenvalue weighted by Gasteiger charge is 2.34. The van der Waals surface area contributed by atoms with Gasteiger partial charge >= 0.3 is 0 Å². The molecule has 0 atom stereocenters. The molecule has 1 fully saturated rings. The van der Waals surface area contributed by atoms with E-state index in [1.165, 1.54) is 12.8 Å². The Kier molecular flexibility index (Phi) is 6.47. The van der Waals surface area contributed by atoms with Gasteiger partial charge in [0, 0.05) is 31.0 Å². The number of benzene rings is 1.